The van der Waals surface area contributed by atoms with Crippen molar-refractivity contribution in [2.24, 2.45) is 151 Å². The van der Waals surface area contributed by atoms with E-state index in [1.807, 2.05) is 111 Å². The molecule has 15 rings (SSSR count). The van der Waals surface area contributed by atoms with Crippen LogP contribution in [0.3, 0.4) is 0 Å². The summed E-state index contributed by atoms with van der Waals surface area (Å²) >= 11 is 0. The molecule has 0 aromatic rings. The van der Waals surface area contributed by atoms with Gasteiger partial charge in [0.2, 0.25) is 0 Å². The van der Waals surface area contributed by atoms with Crippen molar-refractivity contribution in [3.05, 3.63) is 0 Å². The summed E-state index contributed by atoms with van der Waals surface area (Å²) in [6.07, 6.45) is 9.45. The number of methoxy groups -OCH3 is 1. The Labute approximate surface area is 604 Å². The summed E-state index contributed by atoms with van der Waals surface area (Å²) in [6.45, 7) is 36.3. The predicted molar refractivity (Wildman–Crippen MR) is 369 cm³/mol. The second-order valence-corrected chi connectivity index (χ2v) is 35.7. The Morgan fingerprint density at radius 2 is 0.637 bits per heavy atom. The van der Waals surface area contributed by atoms with E-state index in [2.05, 4.69) is 6.92 Å². The Bertz CT molecular complexity index is 3150. The first-order chi connectivity index (χ1) is 47.5. The van der Waals surface area contributed by atoms with E-state index in [1.165, 1.54) is 0 Å². The van der Waals surface area contributed by atoms with E-state index in [-0.39, 0.29) is 199 Å². The maximum Gasteiger partial charge on any atom is 0.311 e. The highest BCUT2D eigenvalue weighted by molar-refractivity contribution is 5.81. The largest absolute Gasteiger partial charge is 0.465 e. The van der Waals surface area contributed by atoms with Crippen LogP contribution in [0.4, 0.5) is 0 Å². The fourth-order valence-electron chi connectivity index (χ4n) is 20.4. The van der Waals surface area contributed by atoms with Gasteiger partial charge in [-0.2, -0.15) is 0 Å². The van der Waals surface area contributed by atoms with Crippen molar-refractivity contribution in [2.75, 3.05) is 46.8 Å². The molecule has 5 saturated heterocycles. The minimum Gasteiger partial charge on any atom is -0.465 e. The summed E-state index contributed by atoms with van der Waals surface area (Å²) in [6, 6.07) is 0. The van der Waals surface area contributed by atoms with Gasteiger partial charge in [-0.25, -0.2) is 0 Å². The van der Waals surface area contributed by atoms with Gasteiger partial charge < -0.3 is 56.8 Å². The third-order valence-corrected chi connectivity index (χ3v) is 28.7. The monoisotopic (exact) mass is 1430 g/mol. The highest BCUT2D eigenvalue weighted by Crippen LogP contribution is 2.62. The van der Waals surface area contributed by atoms with Crippen LogP contribution in [0.1, 0.15) is 202 Å². The molecule has 0 aromatic carbocycles. The van der Waals surface area contributed by atoms with Crippen LogP contribution in [0.2, 0.25) is 0 Å². The van der Waals surface area contributed by atoms with Gasteiger partial charge in [-0.15, -0.1) is 0 Å². The zero-order valence-corrected chi connectivity index (χ0v) is 63.4. The lowest BCUT2D eigenvalue weighted by Gasteiger charge is -2.36. The number of fused-ring (bicyclic) bond motifs is 25. The van der Waals surface area contributed by atoms with Crippen molar-refractivity contribution in [2.45, 2.75) is 245 Å². The third-order valence-electron chi connectivity index (χ3n) is 28.7. The number of esters is 10. The lowest BCUT2D eigenvalue weighted by molar-refractivity contribution is -0.176. The normalized spacial score (nSPS) is 40.3. The van der Waals surface area contributed by atoms with E-state index in [0.717, 1.165) is 77.0 Å². The molecule has 5 aliphatic heterocycles. The molecule has 28 unspecified atom stereocenters. The molecule has 0 aromatic heterocycles. The SMILES string of the molecule is C.CCC(C)(C)C(=O)OC1C(C)C2CC1C1COC(=O)C21.CCC(C)(C)C(=O)OC1C2CC(C1OC)C1C(=O)OCC21.CCC(C)(C)C(=O)OC1CC2CC1C1C(=O)OCC21.CCC(C)(C)C(=O)OC1CC2CC1C1COC(=O)C21.CCOC1C2CC(C3COC(=O)C32)C1OC(=O)C(C)(C)CC. The molecule has 28 atom stereocenters. The van der Waals surface area contributed by atoms with Gasteiger partial charge in [0.25, 0.3) is 0 Å². The van der Waals surface area contributed by atoms with Gasteiger partial charge in [-0.05, 0) is 177 Å². The fourth-order valence-corrected chi connectivity index (χ4v) is 20.4. The lowest BCUT2D eigenvalue weighted by Crippen LogP contribution is -2.47. The molecular formula is C80H122O22. The van der Waals surface area contributed by atoms with Gasteiger partial charge in [0, 0.05) is 84.7 Å². The highest BCUT2D eigenvalue weighted by atomic mass is 16.6. The minimum atomic E-state index is -0.486. The zero-order chi connectivity index (χ0) is 73.7. The molecule has 10 bridgehead atoms. The van der Waals surface area contributed by atoms with Gasteiger partial charge in [-0.1, -0.05) is 49.0 Å². The Balaban J connectivity index is 0.000000137. The van der Waals surface area contributed by atoms with Crippen LogP contribution in [0.5, 0.6) is 0 Å². The molecule has 22 nitrogen and oxygen atoms in total. The second kappa shape index (κ2) is 30.1. The molecule has 574 valence electrons. The van der Waals surface area contributed by atoms with Crippen LogP contribution in [0, 0.1) is 151 Å². The van der Waals surface area contributed by atoms with Crippen molar-refractivity contribution in [1.29, 1.82) is 0 Å². The zero-order valence-electron chi connectivity index (χ0n) is 63.4. The number of carbonyl (C=O) groups is 10. The number of hydrogen-bond donors (Lipinski definition) is 0. The lowest BCUT2D eigenvalue weighted by atomic mass is 9.74. The maximum absolute atomic E-state index is 12.5. The number of ether oxygens (including phenoxy) is 12. The van der Waals surface area contributed by atoms with E-state index in [0.29, 0.717) is 75.1 Å². The highest BCUT2D eigenvalue weighted by Gasteiger charge is 2.69. The Hall–Kier alpha value is -5.38. The van der Waals surface area contributed by atoms with Crippen molar-refractivity contribution in [1.82, 2.24) is 0 Å². The maximum atomic E-state index is 12.5. The van der Waals surface area contributed by atoms with Crippen LogP contribution in [0.15, 0.2) is 0 Å². The Morgan fingerprint density at radius 3 is 1.05 bits per heavy atom. The number of cyclic esters (lactones) is 5. The molecule has 15 aliphatic rings. The molecule has 0 N–H and O–H groups in total. The van der Waals surface area contributed by atoms with E-state index < -0.39 is 27.1 Å². The van der Waals surface area contributed by atoms with Gasteiger partial charge in [0.05, 0.1) is 102 Å². The summed E-state index contributed by atoms with van der Waals surface area (Å²) in [5.41, 5.74) is -2.24. The summed E-state index contributed by atoms with van der Waals surface area (Å²) < 4.78 is 66.4. The van der Waals surface area contributed by atoms with Crippen molar-refractivity contribution < 1.29 is 105 Å². The van der Waals surface area contributed by atoms with Crippen LogP contribution >= 0.6 is 0 Å². The molecule has 22 heteroatoms. The average molecular weight is 1440 g/mol. The molecule has 0 radical (unpaired) electrons. The van der Waals surface area contributed by atoms with Gasteiger partial charge in [0.1, 0.15) is 30.5 Å². The van der Waals surface area contributed by atoms with Crippen molar-refractivity contribution >= 4 is 59.7 Å². The minimum absolute atomic E-state index is 0. The van der Waals surface area contributed by atoms with E-state index in [4.69, 9.17) is 56.8 Å². The first-order valence-electron chi connectivity index (χ1n) is 38.6. The van der Waals surface area contributed by atoms with Crippen molar-refractivity contribution in [3.8, 4) is 0 Å². The number of carbonyl (C=O) groups excluding carboxylic acids is 10. The Morgan fingerprint density at radius 1 is 0.333 bits per heavy atom. The standard InChI is InChI=1S/C17H26O5.C16H24O5.C16H24O4.2C15H22O4.CH4/c1-5-17(3,4)16(19)22-14-9-7-10(13(14)20-6-2)12-11(9)8-21-15(12)18;1-5-16(2,3)15(18)21-13-8-6-9(12(13)19-4)11-10(8)7-20-14(11)17;1-5-16(3,4)15(18)20-13-8(2)9-6-10(13)11-7-19-14(17)12(9)11;1-4-15(2,3)14(17)19-11-6-8-5-9(11)10-7-18-13(16)12(8)10;1-4-15(2,3)14(17)19-11-6-8-5-9(11)12-10(8)7-18-13(12)16;/h9-14H,5-8H2,1-4H3;8-13H,5-7H2,1-4H3;8-13H,5-7H2,1-4H3;2*8-12H,4-7H2,1-3H3;1H4. The van der Waals surface area contributed by atoms with Crippen LogP contribution < -0.4 is 0 Å². The number of rotatable bonds is 18. The molecule has 15 fully saturated rings. The summed E-state index contributed by atoms with van der Waals surface area (Å²) in [5.74, 6) is 3.25. The summed E-state index contributed by atoms with van der Waals surface area (Å²) in [5, 5.41) is 0. The molecule has 5 heterocycles. The number of hydrogen-bond acceptors (Lipinski definition) is 22. The molecule has 102 heavy (non-hydrogen) atoms. The fraction of sp³-hybridized carbons (Fsp3) is 0.875. The summed E-state index contributed by atoms with van der Waals surface area (Å²) in [7, 11) is 1.63. The van der Waals surface area contributed by atoms with Crippen molar-refractivity contribution in [3.63, 3.8) is 0 Å². The first kappa shape index (κ1) is 79.2. The first-order valence-corrected chi connectivity index (χ1v) is 38.6. The molecule has 10 saturated carbocycles. The van der Waals surface area contributed by atoms with E-state index in [9.17, 15) is 47.9 Å². The second-order valence-electron chi connectivity index (χ2n) is 35.7. The van der Waals surface area contributed by atoms with Crippen LogP contribution in [-0.4, -0.2) is 149 Å². The van der Waals surface area contributed by atoms with E-state index >= 15 is 0 Å². The smallest absolute Gasteiger partial charge is 0.311 e. The Kier molecular flexibility index (Phi) is 23.4. The molecular weight excluding hydrogens is 1310 g/mol. The van der Waals surface area contributed by atoms with Crippen LogP contribution in [0.25, 0.3) is 0 Å². The molecule has 0 spiro atoms. The quantitative estimate of drug-likeness (QED) is 0.0910. The van der Waals surface area contributed by atoms with Crippen LogP contribution in [-0.2, 0) is 105 Å². The molecule has 0 amide bonds. The summed E-state index contributed by atoms with van der Waals surface area (Å²) in [4.78, 5) is 120. The average Bonchev–Trinajstić information content (AvgIpc) is 1.56. The van der Waals surface area contributed by atoms with Gasteiger partial charge >= 0.3 is 59.7 Å². The van der Waals surface area contributed by atoms with Gasteiger partial charge in [0.15, 0.2) is 0 Å². The topological polar surface area (TPSA) is 281 Å². The third kappa shape index (κ3) is 14.2. The predicted octanol–water partition coefficient (Wildman–Crippen LogP) is 11.3. The van der Waals surface area contributed by atoms with Gasteiger partial charge in [-0.3, -0.25) is 47.9 Å². The van der Waals surface area contributed by atoms with E-state index in [1.54, 1.807) is 7.11 Å². The molecule has 10 aliphatic carbocycles.